The lowest BCUT2D eigenvalue weighted by Gasteiger charge is -2.42. The molecule has 1 unspecified atom stereocenters. The van der Waals surface area contributed by atoms with Crippen molar-refractivity contribution >= 4 is 17.6 Å². The van der Waals surface area contributed by atoms with Gasteiger partial charge in [-0.1, -0.05) is 13.3 Å². The molecule has 2 aliphatic rings. The number of carbonyl (C=O) groups is 2. The molecule has 1 saturated heterocycles. The molecule has 2 aliphatic heterocycles. The Labute approximate surface area is 120 Å². The quantitative estimate of drug-likeness (QED) is 0.719. The molecule has 2 N–H and O–H groups in total. The van der Waals surface area contributed by atoms with Crippen molar-refractivity contribution in [3.63, 3.8) is 0 Å². The number of hydrogen-bond donors (Lipinski definition) is 2. The maximum atomic E-state index is 12.1. The molecule has 6 heteroatoms. The lowest BCUT2D eigenvalue weighted by Crippen LogP contribution is -2.62. The topological polar surface area (TPSA) is 73.8 Å². The minimum Gasteiger partial charge on any atom is -0.314 e. The third kappa shape index (κ3) is 2.91. The zero-order chi connectivity index (χ0) is 14.8. The summed E-state index contributed by atoms with van der Waals surface area (Å²) in [6.07, 6.45) is 1.37. The van der Waals surface area contributed by atoms with Gasteiger partial charge in [0.25, 0.3) is 5.91 Å². The normalized spacial score (nSPS) is 25.4. The van der Waals surface area contributed by atoms with E-state index in [2.05, 4.69) is 20.5 Å². The fourth-order valence-corrected chi connectivity index (χ4v) is 2.74. The van der Waals surface area contributed by atoms with E-state index < -0.39 is 11.5 Å². The van der Waals surface area contributed by atoms with Crippen molar-refractivity contribution in [3.05, 3.63) is 0 Å². The summed E-state index contributed by atoms with van der Waals surface area (Å²) < 4.78 is 0. The first-order valence-corrected chi connectivity index (χ1v) is 7.36. The molecule has 0 aromatic carbocycles. The SMILES string of the molecule is CCCC1C(=O)N=C(C(C)(C)N2CCNCC2)NC1=O. The van der Waals surface area contributed by atoms with Gasteiger partial charge in [-0.05, 0) is 20.3 Å². The molecule has 0 saturated carbocycles. The first kappa shape index (κ1) is 15.1. The molecule has 2 rings (SSSR count). The second-order valence-electron chi connectivity index (χ2n) is 5.93. The van der Waals surface area contributed by atoms with Crippen LogP contribution >= 0.6 is 0 Å². The average molecular weight is 280 g/mol. The molecule has 0 bridgehead atoms. The Balaban J connectivity index is 2.17. The Morgan fingerprint density at radius 2 is 1.95 bits per heavy atom. The highest BCUT2D eigenvalue weighted by Crippen LogP contribution is 2.21. The van der Waals surface area contributed by atoms with Crippen LogP contribution in [0.5, 0.6) is 0 Å². The third-order valence-electron chi connectivity index (χ3n) is 4.14. The molecule has 0 radical (unpaired) electrons. The number of rotatable bonds is 4. The van der Waals surface area contributed by atoms with Gasteiger partial charge < -0.3 is 10.6 Å². The number of hydrogen-bond acceptors (Lipinski definition) is 4. The van der Waals surface area contributed by atoms with Gasteiger partial charge in [0.1, 0.15) is 11.8 Å². The standard InChI is InChI=1S/C14H24N4O2/c1-4-5-10-11(19)16-13(17-12(10)20)14(2,3)18-8-6-15-7-9-18/h10,15H,4-9H2,1-3H3,(H,16,17,19,20). The van der Waals surface area contributed by atoms with Crippen LogP contribution in [0.2, 0.25) is 0 Å². The molecule has 1 atom stereocenters. The fourth-order valence-electron chi connectivity index (χ4n) is 2.74. The van der Waals surface area contributed by atoms with E-state index in [4.69, 9.17) is 0 Å². The first-order valence-electron chi connectivity index (χ1n) is 7.36. The first-order chi connectivity index (χ1) is 9.46. The summed E-state index contributed by atoms with van der Waals surface area (Å²) in [7, 11) is 0. The minimum absolute atomic E-state index is 0.204. The lowest BCUT2D eigenvalue weighted by atomic mass is 9.95. The van der Waals surface area contributed by atoms with Gasteiger partial charge in [0, 0.05) is 26.2 Å². The van der Waals surface area contributed by atoms with Crippen molar-refractivity contribution in [2.24, 2.45) is 10.9 Å². The van der Waals surface area contributed by atoms with E-state index >= 15 is 0 Å². The Hall–Kier alpha value is -1.27. The number of nitrogens with zero attached hydrogens (tertiary/aromatic N) is 2. The Morgan fingerprint density at radius 1 is 1.30 bits per heavy atom. The van der Waals surface area contributed by atoms with E-state index in [-0.39, 0.29) is 11.8 Å². The third-order valence-corrected chi connectivity index (χ3v) is 4.14. The number of aliphatic imine (C=N–C) groups is 1. The van der Waals surface area contributed by atoms with Gasteiger partial charge in [-0.25, -0.2) is 0 Å². The van der Waals surface area contributed by atoms with Crippen LogP contribution in [0.25, 0.3) is 0 Å². The largest absolute Gasteiger partial charge is 0.314 e. The molecule has 0 aromatic heterocycles. The minimum atomic E-state index is -0.609. The molecule has 0 aromatic rings. The number of nitrogens with one attached hydrogen (secondary N) is 2. The van der Waals surface area contributed by atoms with E-state index in [9.17, 15) is 9.59 Å². The van der Waals surface area contributed by atoms with Crippen LogP contribution in [0, 0.1) is 5.92 Å². The van der Waals surface area contributed by atoms with Crippen LogP contribution in [0.1, 0.15) is 33.6 Å². The van der Waals surface area contributed by atoms with Crippen molar-refractivity contribution in [1.82, 2.24) is 15.5 Å². The molecular formula is C14H24N4O2. The summed E-state index contributed by atoms with van der Waals surface area (Å²) in [5.41, 5.74) is -0.426. The molecule has 1 fully saturated rings. The predicted molar refractivity (Wildman–Crippen MR) is 77.5 cm³/mol. The van der Waals surface area contributed by atoms with Gasteiger partial charge in [0.05, 0.1) is 5.54 Å². The van der Waals surface area contributed by atoms with Crippen LogP contribution in [0.15, 0.2) is 4.99 Å². The van der Waals surface area contributed by atoms with Crippen molar-refractivity contribution in [2.45, 2.75) is 39.2 Å². The molecule has 20 heavy (non-hydrogen) atoms. The average Bonchev–Trinajstić information content (AvgIpc) is 2.43. The van der Waals surface area contributed by atoms with Crippen molar-refractivity contribution in [1.29, 1.82) is 0 Å². The van der Waals surface area contributed by atoms with E-state index in [0.717, 1.165) is 32.6 Å². The van der Waals surface area contributed by atoms with Crippen molar-refractivity contribution in [3.8, 4) is 0 Å². The highest BCUT2D eigenvalue weighted by Gasteiger charge is 2.40. The van der Waals surface area contributed by atoms with Gasteiger partial charge >= 0.3 is 0 Å². The molecule has 0 spiro atoms. The summed E-state index contributed by atoms with van der Waals surface area (Å²) in [5, 5.41) is 6.14. The zero-order valence-electron chi connectivity index (χ0n) is 12.5. The van der Waals surface area contributed by atoms with Gasteiger partial charge in [0.15, 0.2) is 0 Å². The van der Waals surface area contributed by atoms with E-state index in [1.54, 1.807) is 0 Å². The van der Waals surface area contributed by atoms with Gasteiger partial charge in [-0.2, -0.15) is 4.99 Å². The Morgan fingerprint density at radius 3 is 2.50 bits per heavy atom. The van der Waals surface area contributed by atoms with Crippen LogP contribution in [0.4, 0.5) is 0 Å². The summed E-state index contributed by atoms with van der Waals surface area (Å²) in [5.74, 6) is -0.622. The van der Waals surface area contributed by atoms with Crippen LogP contribution < -0.4 is 10.6 Å². The predicted octanol–water partition coefficient (Wildman–Crippen LogP) is 0.141. The summed E-state index contributed by atoms with van der Waals surface area (Å²) in [6.45, 7) is 9.57. The zero-order valence-corrected chi connectivity index (χ0v) is 12.5. The highest BCUT2D eigenvalue weighted by molar-refractivity contribution is 6.18. The number of carbonyl (C=O) groups excluding carboxylic acids is 2. The van der Waals surface area contributed by atoms with Crippen molar-refractivity contribution < 1.29 is 9.59 Å². The van der Waals surface area contributed by atoms with E-state index in [0.29, 0.717) is 12.3 Å². The summed E-state index contributed by atoms with van der Waals surface area (Å²) in [4.78, 5) is 30.6. The maximum Gasteiger partial charge on any atom is 0.259 e. The van der Waals surface area contributed by atoms with Gasteiger partial charge in [-0.3, -0.25) is 14.5 Å². The van der Waals surface area contributed by atoms with Gasteiger partial charge in [0.2, 0.25) is 5.91 Å². The van der Waals surface area contributed by atoms with Gasteiger partial charge in [-0.15, -0.1) is 0 Å². The monoisotopic (exact) mass is 280 g/mol. The van der Waals surface area contributed by atoms with Crippen LogP contribution in [0.3, 0.4) is 0 Å². The highest BCUT2D eigenvalue weighted by atomic mass is 16.2. The second kappa shape index (κ2) is 6.01. The Bertz CT molecular complexity index is 425. The molecule has 0 aliphatic carbocycles. The van der Waals surface area contributed by atoms with Crippen molar-refractivity contribution in [2.75, 3.05) is 26.2 Å². The molecule has 2 amide bonds. The molecular weight excluding hydrogens is 256 g/mol. The molecule has 2 heterocycles. The Kier molecular flexibility index (Phi) is 4.55. The number of amides is 2. The maximum absolute atomic E-state index is 12.1. The van der Waals surface area contributed by atoms with Crippen LogP contribution in [-0.2, 0) is 9.59 Å². The van der Waals surface area contributed by atoms with E-state index in [1.165, 1.54) is 0 Å². The molecule has 112 valence electrons. The number of amidine groups is 1. The second-order valence-corrected chi connectivity index (χ2v) is 5.93. The van der Waals surface area contributed by atoms with E-state index in [1.807, 2.05) is 20.8 Å². The smallest absolute Gasteiger partial charge is 0.259 e. The lowest BCUT2D eigenvalue weighted by molar-refractivity contribution is -0.134. The summed E-state index contributed by atoms with van der Waals surface area (Å²) in [6, 6.07) is 0. The molecule has 6 nitrogen and oxygen atoms in total. The van der Waals surface area contributed by atoms with Crippen LogP contribution in [-0.4, -0.2) is 54.3 Å². The number of piperazine rings is 1. The fraction of sp³-hybridized carbons (Fsp3) is 0.786. The summed E-state index contributed by atoms with van der Waals surface area (Å²) >= 11 is 0.